The van der Waals surface area contributed by atoms with E-state index >= 15 is 0 Å². The Morgan fingerprint density at radius 3 is 2.58 bits per heavy atom. The Kier molecular flexibility index (Phi) is 4.43. The third-order valence-corrected chi connectivity index (χ3v) is 3.43. The fourth-order valence-corrected chi connectivity index (χ4v) is 2.55. The van der Waals surface area contributed by atoms with Gasteiger partial charge in [-0.25, -0.2) is 4.79 Å². The first-order chi connectivity index (χ1) is 9.06. The van der Waals surface area contributed by atoms with Crippen LogP contribution in [0.1, 0.15) is 29.5 Å². The van der Waals surface area contributed by atoms with Crippen molar-refractivity contribution in [3.63, 3.8) is 0 Å². The highest BCUT2D eigenvalue weighted by atomic mass is 16.5. The van der Waals surface area contributed by atoms with Gasteiger partial charge in [-0.15, -0.1) is 0 Å². The minimum absolute atomic E-state index is 0.162. The highest BCUT2D eigenvalue weighted by molar-refractivity contribution is 5.91. The van der Waals surface area contributed by atoms with Gasteiger partial charge in [-0.1, -0.05) is 17.7 Å². The van der Waals surface area contributed by atoms with Crippen molar-refractivity contribution in [2.45, 2.75) is 39.7 Å². The zero-order valence-corrected chi connectivity index (χ0v) is 11.9. The van der Waals surface area contributed by atoms with Crippen molar-refractivity contribution in [1.29, 1.82) is 0 Å². The van der Waals surface area contributed by atoms with Crippen molar-refractivity contribution in [3.8, 4) is 0 Å². The Labute approximate surface area is 114 Å². The smallest absolute Gasteiger partial charge is 0.319 e. The van der Waals surface area contributed by atoms with E-state index in [0.29, 0.717) is 6.54 Å². The lowest BCUT2D eigenvalue weighted by Gasteiger charge is -2.15. The number of anilines is 1. The second-order valence-corrected chi connectivity index (χ2v) is 5.24. The van der Waals surface area contributed by atoms with E-state index in [9.17, 15) is 4.79 Å². The lowest BCUT2D eigenvalue weighted by atomic mass is 10.1. The lowest BCUT2D eigenvalue weighted by molar-refractivity contribution is 0.112. The summed E-state index contributed by atoms with van der Waals surface area (Å²) in [5.74, 6) is 0. The van der Waals surface area contributed by atoms with E-state index in [0.717, 1.165) is 36.3 Å². The Morgan fingerprint density at radius 2 is 2.00 bits per heavy atom. The number of ether oxygens (including phenoxy) is 1. The molecule has 0 spiro atoms. The van der Waals surface area contributed by atoms with Crippen molar-refractivity contribution in [1.82, 2.24) is 5.32 Å². The standard InChI is InChI=1S/C15H22N2O2/c1-10-7-11(2)14(12(3)8-10)17-15(18)16-9-13-5-4-6-19-13/h7-8,13H,4-6,9H2,1-3H3,(H2,16,17,18). The number of hydrogen-bond donors (Lipinski definition) is 2. The maximum atomic E-state index is 11.9. The van der Waals surface area contributed by atoms with Gasteiger partial charge in [0, 0.05) is 18.8 Å². The molecule has 1 aliphatic heterocycles. The maximum Gasteiger partial charge on any atom is 0.319 e. The number of hydrogen-bond acceptors (Lipinski definition) is 2. The summed E-state index contributed by atoms with van der Waals surface area (Å²) in [5, 5.41) is 5.79. The molecule has 4 nitrogen and oxygen atoms in total. The van der Waals surface area contributed by atoms with Crippen LogP contribution in [0.5, 0.6) is 0 Å². The summed E-state index contributed by atoms with van der Waals surface area (Å²) in [6, 6.07) is 3.98. The number of carbonyl (C=O) groups excluding carboxylic acids is 1. The molecule has 1 heterocycles. The molecule has 0 aliphatic carbocycles. The van der Waals surface area contributed by atoms with Crippen molar-refractivity contribution < 1.29 is 9.53 Å². The molecule has 0 bridgehead atoms. The molecular formula is C15H22N2O2. The van der Waals surface area contributed by atoms with Crippen LogP contribution < -0.4 is 10.6 Å². The van der Waals surface area contributed by atoms with Crippen LogP contribution in [0, 0.1) is 20.8 Å². The zero-order chi connectivity index (χ0) is 13.8. The molecule has 2 N–H and O–H groups in total. The molecule has 1 atom stereocenters. The molecule has 1 aromatic rings. The molecule has 0 aromatic heterocycles. The van der Waals surface area contributed by atoms with Gasteiger partial charge in [0.25, 0.3) is 0 Å². The van der Waals surface area contributed by atoms with E-state index in [1.165, 1.54) is 5.56 Å². The number of carbonyl (C=O) groups is 1. The van der Waals surface area contributed by atoms with Crippen molar-refractivity contribution in [3.05, 3.63) is 28.8 Å². The van der Waals surface area contributed by atoms with Crippen LogP contribution in [0.2, 0.25) is 0 Å². The van der Waals surface area contributed by atoms with E-state index in [-0.39, 0.29) is 12.1 Å². The molecule has 2 amide bonds. The molecular weight excluding hydrogens is 240 g/mol. The summed E-state index contributed by atoms with van der Waals surface area (Å²) in [6.45, 7) is 7.46. The molecule has 4 heteroatoms. The molecule has 1 aromatic carbocycles. The van der Waals surface area contributed by atoms with Crippen LogP contribution in [0.15, 0.2) is 12.1 Å². The van der Waals surface area contributed by atoms with E-state index in [4.69, 9.17) is 4.74 Å². The number of amides is 2. The quantitative estimate of drug-likeness (QED) is 0.880. The average molecular weight is 262 g/mol. The predicted octanol–water partition coefficient (Wildman–Crippen LogP) is 2.91. The molecule has 0 saturated carbocycles. The number of aryl methyl sites for hydroxylation is 3. The van der Waals surface area contributed by atoms with Gasteiger partial charge in [0.1, 0.15) is 0 Å². The molecule has 1 saturated heterocycles. The number of benzene rings is 1. The van der Waals surface area contributed by atoms with Crippen molar-refractivity contribution >= 4 is 11.7 Å². The minimum atomic E-state index is -0.162. The first-order valence-electron chi connectivity index (χ1n) is 6.80. The van der Waals surface area contributed by atoms with Gasteiger partial charge < -0.3 is 15.4 Å². The van der Waals surface area contributed by atoms with Crippen LogP contribution in [0.3, 0.4) is 0 Å². The first kappa shape index (κ1) is 13.9. The zero-order valence-electron chi connectivity index (χ0n) is 11.9. The monoisotopic (exact) mass is 262 g/mol. The predicted molar refractivity (Wildman–Crippen MR) is 76.6 cm³/mol. The van der Waals surface area contributed by atoms with Gasteiger partial charge in [-0.05, 0) is 44.7 Å². The topological polar surface area (TPSA) is 50.4 Å². The Morgan fingerprint density at radius 1 is 1.32 bits per heavy atom. The summed E-state index contributed by atoms with van der Waals surface area (Å²) in [6.07, 6.45) is 2.29. The fraction of sp³-hybridized carbons (Fsp3) is 0.533. The molecule has 1 unspecified atom stereocenters. The Balaban J connectivity index is 1.91. The molecule has 0 radical (unpaired) electrons. The van der Waals surface area contributed by atoms with Gasteiger partial charge in [-0.3, -0.25) is 0 Å². The Bertz CT molecular complexity index is 442. The van der Waals surface area contributed by atoms with E-state index in [1.54, 1.807) is 0 Å². The van der Waals surface area contributed by atoms with Crippen LogP contribution in [0.4, 0.5) is 10.5 Å². The van der Waals surface area contributed by atoms with Crippen molar-refractivity contribution in [2.75, 3.05) is 18.5 Å². The molecule has 19 heavy (non-hydrogen) atoms. The molecule has 1 aliphatic rings. The third-order valence-electron chi connectivity index (χ3n) is 3.43. The van der Waals surface area contributed by atoms with E-state index in [1.807, 2.05) is 13.8 Å². The van der Waals surface area contributed by atoms with Crippen LogP contribution in [-0.2, 0) is 4.74 Å². The molecule has 1 fully saturated rings. The van der Waals surface area contributed by atoms with E-state index < -0.39 is 0 Å². The van der Waals surface area contributed by atoms with Crippen molar-refractivity contribution in [2.24, 2.45) is 0 Å². The molecule has 104 valence electrons. The number of urea groups is 1. The second kappa shape index (κ2) is 6.06. The van der Waals surface area contributed by atoms with Crippen LogP contribution in [-0.4, -0.2) is 25.3 Å². The summed E-state index contributed by atoms with van der Waals surface area (Å²) in [4.78, 5) is 11.9. The van der Waals surface area contributed by atoms with Gasteiger partial charge in [0.15, 0.2) is 0 Å². The number of nitrogens with one attached hydrogen (secondary N) is 2. The molecule has 2 rings (SSSR count). The summed E-state index contributed by atoms with van der Waals surface area (Å²) in [7, 11) is 0. The SMILES string of the molecule is Cc1cc(C)c(NC(=O)NCC2CCCO2)c(C)c1. The largest absolute Gasteiger partial charge is 0.376 e. The third kappa shape index (κ3) is 3.70. The van der Waals surface area contributed by atoms with Crippen LogP contribution in [0.25, 0.3) is 0 Å². The van der Waals surface area contributed by atoms with E-state index in [2.05, 4.69) is 29.7 Å². The maximum absolute atomic E-state index is 11.9. The highest BCUT2D eigenvalue weighted by Gasteiger charge is 2.16. The van der Waals surface area contributed by atoms with Gasteiger partial charge >= 0.3 is 6.03 Å². The van der Waals surface area contributed by atoms with Gasteiger partial charge in [0.05, 0.1) is 6.10 Å². The fourth-order valence-electron chi connectivity index (χ4n) is 2.55. The number of rotatable bonds is 3. The first-order valence-corrected chi connectivity index (χ1v) is 6.80. The summed E-state index contributed by atoms with van der Waals surface area (Å²) < 4.78 is 5.47. The normalized spacial score (nSPS) is 18.4. The average Bonchev–Trinajstić information content (AvgIpc) is 2.84. The van der Waals surface area contributed by atoms with Gasteiger partial charge in [-0.2, -0.15) is 0 Å². The lowest BCUT2D eigenvalue weighted by Crippen LogP contribution is -2.35. The van der Waals surface area contributed by atoms with Crippen LogP contribution >= 0.6 is 0 Å². The summed E-state index contributed by atoms with van der Waals surface area (Å²) in [5.41, 5.74) is 4.28. The Hall–Kier alpha value is -1.55. The second-order valence-electron chi connectivity index (χ2n) is 5.24. The van der Waals surface area contributed by atoms with Gasteiger partial charge in [0.2, 0.25) is 0 Å². The minimum Gasteiger partial charge on any atom is -0.376 e. The summed E-state index contributed by atoms with van der Waals surface area (Å²) >= 11 is 0. The highest BCUT2D eigenvalue weighted by Crippen LogP contribution is 2.21.